The summed E-state index contributed by atoms with van der Waals surface area (Å²) in [6, 6.07) is 5.51. The van der Waals surface area contributed by atoms with Gasteiger partial charge in [0.25, 0.3) is 0 Å². The number of nitrogens with one attached hydrogen (secondary N) is 2. The second-order valence-corrected chi connectivity index (χ2v) is 5.71. The number of anilines is 1. The molecule has 0 aliphatic heterocycles. The van der Waals surface area contributed by atoms with Gasteiger partial charge in [-0.05, 0) is 43.5 Å². The topological polar surface area (TPSA) is 84.2 Å². The van der Waals surface area contributed by atoms with Crippen LogP contribution in [0.15, 0.2) is 22.7 Å². The summed E-state index contributed by atoms with van der Waals surface area (Å²) >= 11 is 3.39. The monoisotopic (exact) mass is 325 g/mol. The van der Waals surface area contributed by atoms with Gasteiger partial charge in [0.2, 0.25) is 11.8 Å². The number of carbonyl (C=O) groups excluding carboxylic acids is 2. The van der Waals surface area contributed by atoms with E-state index in [1.807, 2.05) is 19.1 Å². The maximum atomic E-state index is 11.7. The van der Waals surface area contributed by atoms with E-state index < -0.39 is 5.54 Å². The van der Waals surface area contributed by atoms with Gasteiger partial charge in [0.15, 0.2) is 0 Å². The summed E-state index contributed by atoms with van der Waals surface area (Å²) in [5.41, 5.74) is 6.71. The molecule has 1 saturated carbocycles. The molecule has 0 heterocycles. The highest BCUT2D eigenvalue weighted by atomic mass is 79.9. The zero-order chi connectivity index (χ0) is 14.0. The number of carbonyl (C=O) groups is 2. The van der Waals surface area contributed by atoms with Crippen LogP contribution in [0.3, 0.4) is 0 Å². The molecule has 102 valence electrons. The van der Waals surface area contributed by atoms with Crippen molar-refractivity contribution in [2.24, 2.45) is 5.73 Å². The maximum absolute atomic E-state index is 11.7. The summed E-state index contributed by atoms with van der Waals surface area (Å²) in [4.78, 5) is 23.2. The Morgan fingerprint density at radius 2 is 2.11 bits per heavy atom. The van der Waals surface area contributed by atoms with Crippen LogP contribution in [-0.2, 0) is 9.59 Å². The van der Waals surface area contributed by atoms with Gasteiger partial charge in [0.05, 0.1) is 12.1 Å². The van der Waals surface area contributed by atoms with Crippen LogP contribution in [0.5, 0.6) is 0 Å². The summed E-state index contributed by atoms with van der Waals surface area (Å²) in [5.74, 6) is -0.519. The Labute approximate surface area is 120 Å². The second kappa shape index (κ2) is 5.30. The first-order chi connectivity index (χ1) is 8.90. The third kappa shape index (κ3) is 3.54. The number of benzene rings is 1. The molecule has 0 unspecified atom stereocenters. The van der Waals surface area contributed by atoms with Gasteiger partial charge < -0.3 is 16.4 Å². The van der Waals surface area contributed by atoms with Gasteiger partial charge in [-0.1, -0.05) is 15.9 Å². The average Bonchev–Trinajstić information content (AvgIpc) is 3.10. The van der Waals surface area contributed by atoms with Crippen LogP contribution in [0, 0.1) is 6.92 Å². The molecule has 1 aromatic rings. The Morgan fingerprint density at radius 1 is 1.42 bits per heavy atom. The molecule has 1 aliphatic rings. The molecule has 0 radical (unpaired) electrons. The van der Waals surface area contributed by atoms with E-state index in [9.17, 15) is 9.59 Å². The normalized spacial score (nSPS) is 15.7. The smallest absolute Gasteiger partial charge is 0.243 e. The minimum absolute atomic E-state index is 0.0626. The van der Waals surface area contributed by atoms with E-state index in [0.29, 0.717) is 18.5 Å². The van der Waals surface area contributed by atoms with E-state index in [1.165, 1.54) is 0 Å². The molecule has 5 nitrogen and oxygen atoms in total. The van der Waals surface area contributed by atoms with Gasteiger partial charge in [0.1, 0.15) is 0 Å². The summed E-state index contributed by atoms with van der Waals surface area (Å²) in [6.45, 7) is 1.87. The zero-order valence-electron chi connectivity index (χ0n) is 10.6. The van der Waals surface area contributed by atoms with E-state index >= 15 is 0 Å². The third-order valence-electron chi connectivity index (χ3n) is 3.09. The quantitative estimate of drug-likeness (QED) is 0.780. The lowest BCUT2D eigenvalue weighted by atomic mass is 10.2. The standard InChI is InChI=1S/C13H16BrN3O2/c1-8-6-9(2-3-10(8)14)17-11(18)7-16-12(19)13(15)4-5-13/h2-3,6H,4-5,7,15H2,1H3,(H,16,19)(H,17,18). The number of halogens is 1. The second-order valence-electron chi connectivity index (χ2n) is 4.85. The van der Waals surface area contributed by atoms with Gasteiger partial charge >= 0.3 is 0 Å². The molecule has 2 amide bonds. The maximum Gasteiger partial charge on any atom is 0.243 e. The molecule has 2 rings (SSSR count). The lowest BCUT2D eigenvalue weighted by molar-refractivity contribution is -0.125. The Hall–Kier alpha value is -1.40. The predicted octanol–water partition coefficient (Wildman–Crippen LogP) is 1.30. The first-order valence-electron chi connectivity index (χ1n) is 6.04. The summed E-state index contributed by atoms with van der Waals surface area (Å²) < 4.78 is 0.984. The van der Waals surface area contributed by atoms with Crippen molar-refractivity contribution in [1.82, 2.24) is 5.32 Å². The van der Waals surface area contributed by atoms with Gasteiger partial charge in [-0.3, -0.25) is 9.59 Å². The molecule has 1 fully saturated rings. The van der Waals surface area contributed by atoms with Crippen LogP contribution in [0.25, 0.3) is 0 Å². The fourth-order valence-corrected chi connectivity index (χ4v) is 1.87. The fourth-order valence-electron chi connectivity index (χ4n) is 1.63. The van der Waals surface area contributed by atoms with Crippen molar-refractivity contribution in [2.75, 3.05) is 11.9 Å². The van der Waals surface area contributed by atoms with Crippen LogP contribution in [0.4, 0.5) is 5.69 Å². The number of aryl methyl sites for hydroxylation is 1. The summed E-state index contributed by atoms with van der Waals surface area (Å²) in [5, 5.41) is 5.27. The number of hydrogen-bond acceptors (Lipinski definition) is 3. The Morgan fingerprint density at radius 3 is 2.68 bits per heavy atom. The molecular formula is C13H16BrN3O2. The minimum atomic E-state index is -0.742. The average molecular weight is 326 g/mol. The molecular weight excluding hydrogens is 310 g/mol. The van der Waals surface area contributed by atoms with Crippen LogP contribution in [0.1, 0.15) is 18.4 Å². The molecule has 0 bridgehead atoms. The molecule has 0 atom stereocenters. The van der Waals surface area contributed by atoms with Crippen molar-refractivity contribution in [3.05, 3.63) is 28.2 Å². The number of amides is 2. The molecule has 0 saturated heterocycles. The highest BCUT2D eigenvalue weighted by molar-refractivity contribution is 9.10. The minimum Gasteiger partial charge on any atom is -0.345 e. The summed E-state index contributed by atoms with van der Waals surface area (Å²) in [6.07, 6.45) is 1.37. The molecule has 0 aromatic heterocycles. The number of hydrogen-bond donors (Lipinski definition) is 3. The van der Waals surface area contributed by atoms with Gasteiger partial charge in [-0.15, -0.1) is 0 Å². The van der Waals surface area contributed by atoms with Crippen molar-refractivity contribution < 1.29 is 9.59 Å². The Balaban J connectivity index is 1.84. The van der Waals surface area contributed by atoms with E-state index in [0.717, 1.165) is 10.0 Å². The van der Waals surface area contributed by atoms with Crippen LogP contribution in [-0.4, -0.2) is 23.9 Å². The van der Waals surface area contributed by atoms with E-state index in [2.05, 4.69) is 26.6 Å². The number of rotatable bonds is 4. The third-order valence-corrected chi connectivity index (χ3v) is 3.98. The first kappa shape index (κ1) is 14.0. The molecule has 0 spiro atoms. The van der Waals surface area contributed by atoms with Crippen molar-refractivity contribution >= 4 is 33.4 Å². The van der Waals surface area contributed by atoms with Crippen LogP contribution in [0.2, 0.25) is 0 Å². The highest BCUT2D eigenvalue weighted by Gasteiger charge is 2.45. The predicted molar refractivity (Wildman–Crippen MR) is 76.7 cm³/mol. The molecule has 19 heavy (non-hydrogen) atoms. The van der Waals surface area contributed by atoms with Crippen LogP contribution < -0.4 is 16.4 Å². The van der Waals surface area contributed by atoms with E-state index in [-0.39, 0.29) is 18.4 Å². The Kier molecular flexibility index (Phi) is 3.91. The SMILES string of the molecule is Cc1cc(NC(=O)CNC(=O)C2(N)CC2)ccc1Br. The largest absolute Gasteiger partial charge is 0.345 e. The molecule has 6 heteroatoms. The highest BCUT2D eigenvalue weighted by Crippen LogP contribution is 2.31. The van der Waals surface area contributed by atoms with Crippen molar-refractivity contribution in [1.29, 1.82) is 0 Å². The lowest BCUT2D eigenvalue weighted by Gasteiger charge is -2.10. The lowest BCUT2D eigenvalue weighted by Crippen LogP contribution is -2.45. The summed E-state index contributed by atoms with van der Waals surface area (Å²) in [7, 11) is 0. The van der Waals surface area contributed by atoms with Crippen molar-refractivity contribution in [3.63, 3.8) is 0 Å². The van der Waals surface area contributed by atoms with Gasteiger partial charge in [0, 0.05) is 10.2 Å². The van der Waals surface area contributed by atoms with Crippen LogP contribution >= 0.6 is 15.9 Å². The van der Waals surface area contributed by atoms with Gasteiger partial charge in [-0.2, -0.15) is 0 Å². The Bertz CT molecular complexity index is 527. The number of nitrogens with two attached hydrogens (primary N) is 1. The van der Waals surface area contributed by atoms with Crippen molar-refractivity contribution in [3.8, 4) is 0 Å². The molecule has 1 aromatic carbocycles. The van der Waals surface area contributed by atoms with Crippen molar-refractivity contribution in [2.45, 2.75) is 25.3 Å². The molecule has 1 aliphatic carbocycles. The van der Waals surface area contributed by atoms with E-state index in [1.54, 1.807) is 6.07 Å². The van der Waals surface area contributed by atoms with Gasteiger partial charge in [-0.25, -0.2) is 0 Å². The fraction of sp³-hybridized carbons (Fsp3) is 0.385. The molecule has 4 N–H and O–H groups in total. The first-order valence-corrected chi connectivity index (χ1v) is 6.83. The zero-order valence-corrected chi connectivity index (χ0v) is 12.2. The van der Waals surface area contributed by atoms with E-state index in [4.69, 9.17) is 5.73 Å².